The van der Waals surface area contributed by atoms with Crippen molar-refractivity contribution in [3.8, 4) is 0 Å². The molecule has 1 unspecified atom stereocenters. The van der Waals surface area contributed by atoms with Gasteiger partial charge in [0.25, 0.3) is 11.1 Å². The molecule has 7 nitrogen and oxygen atoms in total. The van der Waals surface area contributed by atoms with E-state index in [-0.39, 0.29) is 17.2 Å². The van der Waals surface area contributed by atoms with E-state index in [2.05, 4.69) is 39.5 Å². The number of hydrogen-bond donors (Lipinski definition) is 1. The number of nitrogens with zero attached hydrogens (tertiary/aromatic N) is 4. The minimum absolute atomic E-state index is 0.0218. The number of aromatic nitrogens is 3. The quantitative estimate of drug-likeness (QED) is 0.663. The lowest BCUT2D eigenvalue weighted by Crippen LogP contribution is -2.44. The minimum atomic E-state index is -0.129. The van der Waals surface area contributed by atoms with Crippen molar-refractivity contribution in [2.75, 3.05) is 26.2 Å². The number of piperidine rings is 1. The summed E-state index contributed by atoms with van der Waals surface area (Å²) in [6.07, 6.45) is 7.86. The van der Waals surface area contributed by atoms with Crippen molar-refractivity contribution < 1.29 is 0 Å². The molecule has 2 aliphatic heterocycles. The first-order valence-corrected chi connectivity index (χ1v) is 11.0. The molecule has 4 heterocycles. The van der Waals surface area contributed by atoms with E-state index in [9.17, 15) is 9.59 Å². The highest BCUT2D eigenvalue weighted by Crippen LogP contribution is 2.24. The molecule has 1 aromatic carbocycles. The maximum atomic E-state index is 12.5. The molecule has 160 valence electrons. The molecule has 1 N–H and O–H groups in total. The molecule has 1 fully saturated rings. The van der Waals surface area contributed by atoms with Gasteiger partial charge in [0, 0.05) is 31.7 Å². The van der Waals surface area contributed by atoms with Crippen molar-refractivity contribution in [3.05, 3.63) is 81.0 Å². The molecule has 0 aliphatic carbocycles. The van der Waals surface area contributed by atoms with Crippen LogP contribution < -0.4 is 16.4 Å². The fourth-order valence-electron chi connectivity index (χ4n) is 4.78. The Morgan fingerprint density at radius 1 is 1.03 bits per heavy atom. The van der Waals surface area contributed by atoms with Gasteiger partial charge in [-0.2, -0.15) is 0 Å². The normalized spacial score (nSPS) is 19.5. The summed E-state index contributed by atoms with van der Waals surface area (Å²) in [5.74, 6) is 0. The fourth-order valence-corrected chi connectivity index (χ4v) is 4.78. The molecule has 1 saturated heterocycles. The summed E-state index contributed by atoms with van der Waals surface area (Å²) in [7, 11) is 0. The van der Waals surface area contributed by atoms with Gasteiger partial charge in [0.05, 0.1) is 12.2 Å². The molecule has 7 heteroatoms. The Labute approximate surface area is 180 Å². The Hall–Kier alpha value is -3.03. The summed E-state index contributed by atoms with van der Waals surface area (Å²) in [4.78, 5) is 31.4. The van der Waals surface area contributed by atoms with Crippen LogP contribution in [0.3, 0.4) is 0 Å². The molecule has 3 aromatic rings. The van der Waals surface area contributed by atoms with Crippen molar-refractivity contribution in [1.82, 2.24) is 24.3 Å². The van der Waals surface area contributed by atoms with Crippen LogP contribution in [-0.4, -0.2) is 51.2 Å². The van der Waals surface area contributed by atoms with Gasteiger partial charge in [-0.15, -0.1) is 0 Å². The monoisotopic (exact) mass is 417 g/mol. The first kappa shape index (κ1) is 19.9. The lowest BCUT2D eigenvalue weighted by atomic mass is 10.0. The average molecular weight is 418 g/mol. The third kappa shape index (κ3) is 4.11. The van der Waals surface area contributed by atoms with Crippen LogP contribution in [0.2, 0.25) is 0 Å². The highest BCUT2D eigenvalue weighted by molar-refractivity contribution is 5.71. The number of likely N-dealkylation sites (tertiary alicyclic amines) is 1. The molecule has 0 saturated carbocycles. The van der Waals surface area contributed by atoms with Gasteiger partial charge in [-0.1, -0.05) is 42.5 Å². The third-order valence-electron chi connectivity index (χ3n) is 6.36. The van der Waals surface area contributed by atoms with Crippen molar-refractivity contribution in [2.24, 2.45) is 0 Å². The zero-order valence-electron chi connectivity index (χ0n) is 17.5. The maximum absolute atomic E-state index is 12.5. The summed E-state index contributed by atoms with van der Waals surface area (Å²) in [6.45, 7) is 4.17. The van der Waals surface area contributed by atoms with E-state index in [1.165, 1.54) is 17.8 Å². The van der Waals surface area contributed by atoms with Crippen molar-refractivity contribution in [1.29, 1.82) is 0 Å². The predicted molar refractivity (Wildman–Crippen MR) is 122 cm³/mol. The van der Waals surface area contributed by atoms with Crippen LogP contribution in [0.25, 0.3) is 17.2 Å². The van der Waals surface area contributed by atoms with E-state index in [0.29, 0.717) is 23.8 Å². The van der Waals surface area contributed by atoms with Crippen molar-refractivity contribution in [2.45, 2.75) is 31.5 Å². The number of benzene rings is 1. The van der Waals surface area contributed by atoms with Crippen molar-refractivity contribution >= 4 is 17.2 Å². The molecule has 31 heavy (non-hydrogen) atoms. The van der Waals surface area contributed by atoms with Crippen LogP contribution in [0, 0.1) is 0 Å². The largest absolute Gasteiger partial charge is 0.310 e. The molecular weight excluding hydrogens is 390 g/mol. The highest BCUT2D eigenvalue weighted by atomic mass is 16.1. The van der Waals surface area contributed by atoms with E-state index < -0.39 is 0 Å². The van der Waals surface area contributed by atoms with E-state index in [1.54, 1.807) is 15.2 Å². The fraction of sp³-hybridized carbons (Fsp3) is 0.375. The average Bonchev–Trinajstić information content (AvgIpc) is 3.18. The van der Waals surface area contributed by atoms with Gasteiger partial charge in [-0.25, -0.2) is 4.98 Å². The Balaban J connectivity index is 1.16. The Morgan fingerprint density at radius 3 is 2.65 bits per heavy atom. The third-order valence-corrected chi connectivity index (χ3v) is 6.36. The number of hydrogen-bond acceptors (Lipinski definition) is 5. The SMILES string of the molecule is O=c1ccc2ncc(=O)n3c2n1CC3CN1CCC(NCC=Cc2ccccc2)CC1. The van der Waals surface area contributed by atoms with Crippen LogP contribution in [0.1, 0.15) is 24.4 Å². The van der Waals surface area contributed by atoms with E-state index >= 15 is 0 Å². The molecule has 5 rings (SSSR count). The zero-order chi connectivity index (χ0) is 21.2. The highest BCUT2D eigenvalue weighted by Gasteiger charge is 2.29. The number of pyridine rings is 1. The second-order valence-electron chi connectivity index (χ2n) is 8.41. The topological polar surface area (TPSA) is 72.2 Å². The molecule has 0 spiro atoms. The summed E-state index contributed by atoms with van der Waals surface area (Å²) in [5.41, 5.74) is 2.38. The van der Waals surface area contributed by atoms with Crippen LogP contribution in [-0.2, 0) is 6.54 Å². The van der Waals surface area contributed by atoms with Gasteiger partial charge >= 0.3 is 0 Å². The molecule has 2 aromatic heterocycles. The summed E-state index contributed by atoms with van der Waals surface area (Å²) in [6, 6.07) is 14.1. The number of rotatable bonds is 6. The summed E-state index contributed by atoms with van der Waals surface area (Å²) < 4.78 is 3.46. The lowest BCUT2D eigenvalue weighted by Gasteiger charge is -2.34. The molecule has 1 atom stereocenters. The van der Waals surface area contributed by atoms with E-state index in [1.807, 2.05) is 18.2 Å². The van der Waals surface area contributed by atoms with Gasteiger partial charge in [0.15, 0.2) is 0 Å². The lowest BCUT2D eigenvalue weighted by molar-refractivity contribution is 0.173. The minimum Gasteiger partial charge on any atom is -0.310 e. The van der Waals surface area contributed by atoms with Crippen LogP contribution in [0.4, 0.5) is 0 Å². The molecule has 0 amide bonds. The maximum Gasteiger partial charge on any atom is 0.270 e. The molecular formula is C24H27N5O2. The molecule has 0 radical (unpaired) electrons. The second-order valence-corrected chi connectivity index (χ2v) is 8.41. The van der Waals surface area contributed by atoms with Gasteiger partial charge in [-0.05, 0) is 37.6 Å². The summed E-state index contributed by atoms with van der Waals surface area (Å²) in [5, 5.41) is 3.63. The first-order chi connectivity index (χ1) is 15.2. The second kappa shape index (κ2) is 8.61. The predicted octanol–water partition coefficient (Wildman–Crippen LogP) is 1.88. The Bertz CT molecular complexity index is 1200. The summed E-state index contributed by atoms with van der Waals surface area (Å²) >= 11 is 0. The molecule has 0 bridgehead atoms. The van der Waals surface area contributed by atoms with Crippen molar-refractivity contribution in [3.63, 3.8) is 0 Å². The van der Waals surface area contributed by atoms with Gasteiger partial charge in [0.1, 0.15) is 11.2 Å². The van der Waals surface area contributed by atoms with Crippen LogP contribution >= 0.6 is 0 Å². The smallest absolute Gasteiger partial charge is 0.270 e. The Kier molecular flexibility index (Phi) is 5.53. The zero-order valence-corrected chi connectivity index (χ0v) is 17.5. The van der Waals surface area contributed by atoms with Gasteiger partial charge < -0.3 is 10.2 Å². The van der Waals surface area contributed by atoms with E-state index in [0.717, 1.165) is 39.0 Å². The standard InChI is InChI=1S/C24H27N5O2/c30-22-9-8-21-24-28(22)17-20(29(24)23(31)15-26-21)16-27-13-10-19(11-14-27)25-12-4-7-18-5-2-1-3-6-18/h1-9,15,19-20,25H,10-14,16-17H2. The number of nitrogens with one attached hydrogen (secondary N) is 1. The van der Waals surface area contributed by atoms with Crippen LogP contribution in [0.15, 0.2) is 64.3 Å². The van der Waals surface area contributed by atoms with E-state index in [4.69, 9.17) is 0 Å². The Morgan fingerprint density at radius 2 is 1.84 bits per heavy atom. The van der Waals surface area contributed by atoms with Gasteiger partial charge in [-0.3, -0.25) is 18.7 Å². The van der Waals surface area contributed by atoms with Crippen LogP contribution in [0.5, 0.6) is 0 Å². The van der Waals surface area contributed by atoms with Gasteiger partial charge in [0.2, 0.25) is 0 Å². The molecule has 2 aliphatic rings. The first-order valence-electron chi connectivity index (χ1n) is 11.0.